The van der Waals surface area contributed by atoms with Gasteiger partial charge < -0.3 is 33.1 Å². The summed E-state index contributed by atoms with van der Waals surface area (Å²) in [5.74, 6) is -3.14. The molecule has 0 aromatic rings. The molecular formula is C19H37NO8P+. The van der Waals surface area contributed by atoms with Gasteiger partial charge in [-0.2, -0.15) is 0 Å². The molecule has 0 aliphatic heterocycles. The van der Waals surface area contributed by atoms with Crippen molar-refractivity contribution < 1.29 is 42.6 Å². The van der Waals surface area contributed by atoms with Crippen molar-refractivity contribution in [2.24, 2.45) is 0 Å². The molecule has 0 aromatic heterocycles. The minimum atomic E-state index is -2.68. The maximum Gasteiger partial charge on any atom is 0.394 e. The molecule has 29 heavy (non-hydrogen) atoms. The Bertz CT molecular complexity index is 549. The van der Waals surface area contributed by atoms with E-state index < -0.39 is 31.1 Å². The molecule has 1 unspecified atom stereocenters. The number of likely N-dealkylation sites (N-methyl/N-ethyl adjacent to an activating group) is 1. The van der Waals surface area contributed by atoms with Crippen LogP contribution in [0.1, 0.15) is 34.6 Å². The molecule has 9 nitrogen and oxygen atoms in total. The van der Waals surface area contributed by atoms with Gasteiger partial charge in [0.25, 0.3) is 0 Å². The summed E-state index contributed by atoms with van der Waals surface area (Å²) in [5, 5.41) is 0. The third-order valence-electron chi connectivity index (χ3n) is 3.44. The monoisotopic (exact) mass is 438 g/mol. The highest BCUT2D eigenvalue weighted by molar-refractivity contribution is 7.70. The van der Waals surface area contributed by atoms with Crippen LogP contribution in [0.25, 0.3) is 0 Å². The highest BCUT2D eigenvalue weighted by Crippen LogP contribution is 2.57. The summed E-state index contributed by atoms with van der Waals surface area (Å²) in [6.07, 6.45) is 0. The molecule has 1 atom stereocenters. The molecule has 0 aliphatic carbocycles. The van der Waals surface area contributed by atoms with Crippen LogP contribution in [0.2, 0.25) is 0 Å². The Morgan fingerprint density at radius 1 is 0.931 bits per heavy atom. The molecule has 0 heterocycles. The van der Waals surface area contributed by atoms with Crippen LogP contribution in [-0.4, -0.2) is 86.5 Å². The Balaban J connectivity index is 6.64. The highest BCUT2D eigenvalue weighted by atomic mass is 31.1. The first-order chi connectivity index (χ1) is 13.4. The molecule has 0 aromatic carbocycles. The Labute approximate surface area is 175 Å². The number of hydrogen-bond acceptors (Lipinski definition) is 8. The van der Waals surface area contributed by atoms with Crippen molar-refractivity contribution in [3.05, 3.63) is 12.2 Å². The van der Waals surface area contributed by atoms with E-state index in [9.17, 15) is 14.5 Å². The molecule has 0 saturated carbocycles. The number of quaternary nitrogens is 1. The van der Waals surface area contributed by atoms with Gasteiger partial charge in [-0.05, 0) is 34.6 Å². The molecule has 0 aliphatic rings. The van der Waals surface area contributed by atoms with Gasteiger partial charge in [-0.15, -0.1) is 0 Å². The Morgan fingerprint density at radius 2 is 1.34 bits per heavy atom. The van der Waals surface area contributed by atoms with Gasteiger partial charge in [0.05, 0.1) is 34.4 Å². The van der Waals surface area contributed by atoms with E-state index in [1.54, 1.807) is 27.7 Å². The fourth-order valence-corrected chi connectivity index (χ4v) is 4.26. The fraction of sp³-hybridized carbons (Fsp3) is 0.789. The Kier molecular flexibility index (Phi) is 11.7. The van der Waals surface area contributed by atoms with Crippen LogP contribution >= 0.6 is 8.15 Å². The maximum absolute atomic E-state index is 13.0. The summed E-state index contributed by atoms with van der Waals surface area (Å²) in [6.45, 7) is 11.7. The number of rotatable bonds is 15. The lowest BCUT2D eigenvalue weighted by Crippen LogP contribution is -2.63. The third kappa shape index (κ3) is 7.36. The van der Waals surface area contributed by atoms with E-state index in [1.165, 1.54) is 6.92 Å². The van der Waals surface area contributed by atoms with Crippen LogP contribution in [0.15, 0.2) is 12.2 Å². The lowest BCUT2D eigenvalue weighted by molar-refractivity contribution is -0.861. The van der Waals surface area contributed by atoms with Gasteiger partial charge in [-0.25, -0.2) is 4.79 Å². The van der Waals surface area contributed by atoms with E-state index in [-0.39, 0.29) is 43.0 Å². The van der Waals surface area contributed by atoms with Crippen molar-refractivity contribution in [1.82, 2.24) is 0 Å². The Morgan fingerprint density at radius 3 is 1.66 bits per heavy atom. The van der Waals surface area contributed by atoms with E-state index in [0.29, 0.717) is 0 Å². The molecule has 0 amide bonds. The molecule has 10 heteroatoms. The second kappa shape index (κ2) is 12.1. The van der Waals surface area contributed by atoms with Gasteiger partial charge in [-0.1, -0.05) is 6.58 Å². The molecule has 0 bridgehead atoms. The van der Waals surface area contributed by atoms with Crippen LogP contribution in [0, 0.1) is 0 Å². The predicted octanol–water partition coefficient (Wildman–Crippen LogP) is 2.18. The number of esters is 1. The number of nitrogens with zero attached hydrogens (tertiary/aromatic N) is 1. The first-order valence-electron chi connectivity index (χ1n) is 9.63. The van der Waals surface area contributed by atoms with Crippen LogP contribution < -0.4 is 0 Å². The number of carbonyl (C=O) groups is 2. The zero-order chi connectivity index (χ0) is 22.9. The van der Waals surface area contributed by atoms with Gasteiger partial charge in [0.2, 0.25) is 5.52 Å². The van der Waals surface area contributed by atoms with Crippen LogP contribution in [-0.2, 0) is 33.3 Å². The predicted molar refractivity (Wildman–Crippen MR) is 110 cm³/mol. The normalized spacial score (nSPS) is 13.8. The summed E-state index contributed by atoms with van der Waals surface area (Å²) in [6, 6.07) is 0. The number of hydrogen-bond donors (Lipinski definition) is 1. The largest absolute Gasteiger partial charge is 0.400 e. The number of ether oxygens (including phenoxy) is 5. The summed E-state index contributed by atoms with van der Waals surface area (Å²) in [4.78, 5) is 36.6. The van der Waals surface area contributed by atoms with E-state index in [2.05, 4.69) is 6.58 Å². The average molecular weight is 438 g/mol. The number of carbonyl (C=O) groups excluding carboxylic acids is 2. The minimum absolute atomic E-state index is 0.00708. The van der Waals surface area contributed by atoms with Crippen molar-refractivity contribution in [2.45, 2.75) is 46.1 Å². The van der Waals surface area contributed by atoms with Crippen molar-refractivity contribution in [3.63, 3.8) is 0 Å². The first-order valence-corrected chi connectivity index (χ1v) is 10.9. The second-order valence-corrected chi connectivity index (χ2v) is 8.91. The maximum atomic E-state index is 13.0. The standard InChI is InChI=1S/C19H37NO8P/c1-10-24-18(25-11-2,28-17(22)15(5)6)19(26-12-3,27-13-4)29(23)16(21)14-20(7,8)9/h23H,5,10-14H2,1-4,6-9H3/q+1. The average Bonchev–Trinajstić information content (AvgIpc) is 2.59. The summed E-state index contributed by atoms with van der Waals surface area (Å²) in [5.41, 5.74) is -2.63. The lowest BCUT2D eigenvalue weighted by Gasteiger charge is -2.47. The van der Waals surface area contributed by atoms with Crippen LogP contribution in [0.5, 0.6) is 0 Å². The third-order valence-corrected chi connectivity index (χ3v) is 5.14. The molecule has 0 spiro atoms. The first kappa shape index (κ1) is 28.1. The molecule has 0 rings (SSSR count). The molecule has 0 radical (unpaired) electrons. The quantitative estimate of drug-likeness (QED) is 0.137. The Hall–Kier alpha value is -0.930. The summed E-state index contributed by atoms with van der Waals surface area (Å²) >= 11 is 0. The van der Waals surface area contributed by atoms with Crippen molar-refractivity contribution in [3.8, 4) is 0 Å². The van der Waals surface area contributed by atoms with Gasteiger partial charge in [0.1, 0.15) is 6.54 Å². The minimum Gasteiger partial charge on any atom is -0.400 e. The van der Waals surface area contributed by atoms with E-state index in [1.807, 2.05) is 21.1 Å². The topological polar surface area (TPSA) is 101 Å². The molecule has 170 valence electrons. The van der Waals surface area contributed by atoms with E-state index in [0.717, 1.165) is 0 Å². The smallest absolute Gasteiger partial charge is 0.394 e. The lowest BCUT2D eigenvalue weighted by atomic mass is 10.3. The van der Waals surface area contributed by atoms with Gasteiger partial charge in [-0.3, -0.25) is 4.79 Å². The fourth-order valence-electron chi connectivity index (χ4n) is 2.44. The SMILES string of the molecule is C=C(C)C(=O)OC(OCC)(OCC)C(OCC)(OCC)P(O)C(=O)C[N+](C)(C)C. The van der Waals surface area contributed by atoms with Crippen LogP contribution in [0.3, 0.4) is 0 Å². The van der Waals surface area contributed by atoms with Crippen molar-refractivity contribution in [1.29, 1.82) is 0 Å². The summed E-state index contributed by atoms with van der Waals surface area (Å²) < 4.78 is 28.8. The molecular weight excluding hydrogens is 401 g/mol. The summed E-state index contributed by atoms with van der Waals surface area (Å²) in [7, 11) is 2.74. The van der Waals surface area contributed by atoms with Crippen molar-refractivity contribution in [2.75, 3.05) is 54.1 Å². The van der Waals surface area contributed by atoms with Gasteiger partial charge >= 0.3 is 17.5 Å². The zero-order valence-corrected chi connectivity index (χ0v) is 19.8. The molecule has 0 saturated heterocycles. The van der Waals surface area contributed by atoms with Gasteiger partial charge in [0.15, 0.2) is 8.15 Å². The van der Waals surface area contributed by atoms with E-state index in [4.69, 9.17) is 23.7 Å². The van der Waals surface area contributed by atoms with Crippen LogP contribution in [0.4, 0.5) is 0 Å². The van der Waals surface area contributed by atoms with Gasteiger partial charge in [0, 0.05) is 18.8 Å². The van der Waals surface area contributed by atoms with E-state index >= 15 is 0 Å². The zero-order valence-electron chi connectivity index (χ0n) is 18.9. The highest BCUT2D eigenvalue weighted by Gasteiger charge is 2.67. The molecule has 1 N–H and O–H groups in total. The molecule has 0 fully saturated rings. The van der Waals surface area contributed by atoms with Crippen molar-refractivity contribution >= 4 is 19.6 Å². The second-order valence-electron chi connectivity index (χ2n) is 7.19.